The van der Waals surface area contributed by atoms with Crippen LogP contribution < -0.4 is 4.74 Å². The summed E-state index contributed by atoms with van der Waals surface area (Å²) in [6.45, 7) is 2.06. The summed E-state index contributed by atoms with van der Waals surface area (Å²) >= 11 is 5.99. The first-order valence-electron chi connectivity index (χ1n) is 5.63. The SMILES string of the molecule is CCCc1nc(Cl)cc(-c2nccnc2OC)n1. The molecule has 2 aromatic heterocycles. The number of methoxy groups -OCH3 is 1. The fourth-order valence-corrected chi connectivity index (χ4v) is 1.77. The molecule has 0 aliphatic heterocycles. The van der Waals surface area contributed by atoms with E-state index in [0.717, 1.165) is 12.8 Å². The van der Waals surface area contributed by atoms with E-state index in [1.54, 1.807) is 25.6 Å². The Hall–Kier alpha value is -1.75. The number of hydrogen-bond donors (Lipinski definition) is 0. The highest BCUT2D eigenvalue weighted by atomic mass is 35.5. The van der Waals surface area contributed by atoms with Crippen LogP contribution in [0, 0.1) is 0 Å². The highest BCUT2D eigenvalue weighted by Gasteiger charge is 2.12. The van der Waals surface area contributed by atoms with E-state index in [4.69, 9.17) is 16.3 Å². The quantitative estimate of drug-likeness (QED) is 0.794. The molecule has 0 saturated heterocycles. The van der Waals surface area contributed by atoms with E-state index >= 15 is 0 Å². The molecular formula is C12H13ClN4O. The summed E-state index contributed by atoms with van der Waals surface area (Å²) in [7, 11) is 1.54. The van der Waals surface area contributed by atoms with Crippen LogP contribution in [0.25, 0.3) is 11.4 Å². The zero-order valence-electron chi connectivity index (χ0n) is 10.2. The van der Waals surface area contributed by atoms with Gasteiger partial charge in [-0.05, 0) is 6.42 Å². The van der Waals surface area contributed by atoms with Crippen molar-refractivity contribution in [2.75, 3.05) is 7.11 Å². The second-order valence-corrected chi connectivity index (χ2v) is 4.04. The summed E-state index contributed by atoms with van der Waals surface area (Å²) in [6.07, 6.45) is 4.89. The third-order valence-corrected chi connectivity index (χ3v) is 2.51. The highest BCUT2D eigenvalue weighted by Crippen LogP contribution is 2.25. The van der Waals surface area contributed by atoms with E-state index in [1.165, 1.54) is 0 Å². The van der Waals surface area contributed by atoms with Crippen molar-refractivity contribution < 1.29 is 4.74 Å². The number of halogens is 1. The lowest BCUT2D eigenvalue weighted by atomic mass is 10.2. The van der Waals surface area contributed by atoms with Gasteiger partial charge in [-0.15, -0.1) is 0 Å². The van der Waals surface area contributed by atoms with E-state index < -0.39 is 0 Å². The van der Waals surface area contributed by atoms with Gasteiger partial charge in [0, 0.05) is 24.9 Å². The molecule has 5 nitrogen and oxygen atoms in total. The molecule has 0 aliphatic rings. The number of rotatable bonds is 4. The molecule has 2 heterocycles. The summed E-state index contributed by atoms with van der Waals surface area (Å²) in [4.78, 5) is 16.9. The van der Waals surface area contributed by atoms with Crippen LogP contribution >= 0.6 is 11.6 Å². The Morgan fingerprint density at radius 2 is 2.00 bits per heavy atom. The fraction of sp³-hybridized carbons (Fsp3) is 0.333. The Bertz CT molecular complexity index is 547. The Morgan fingerprint density at radius 3 is 2.72 bits per heavy atom. The first kappa shape index (κ1) is 12.7. The normalized spacial score (nSPS) is 10.4. The van der Waals surface area contributed by atoms with Gasteiger partial charge in [0.1, 0.15) is 11.0 Å². The van der Waals surface area contributed by atoms with E-state index in [0.29, 0.717) is 28.2 Å². The number of nitrogens with zero attached hydrogens (tertiary/aromatic N) is 4. The van der Waals surface area contributed by atoms with Crippen LogP contribution in [0.4, 0.5) is 0 Å². The maximum absolute atomic E-state index is 5.99. The first-order valence-corrected chi connectivity index (χ1v) is 6.01. The lowest BCUT2D eigenvalue weighted by molar-refractivity contribution is 0.397. The van der Waals surface area contributed by atoms with Gasteiger partial charge in [-0.2, -0.15) is 0 Å². The van der Waals surface area contributed by atoms with Crippen molar-refractivity contribution in [3.05, 3.63) is 29.4 Å². The molecule has 0 unspecified atom stereocenters. The Labute approximate surface area is 110 Å². The number of ether oxygens (including phenoxy) is 1. The lowest BCUT2D eigenvalue weighted by Crippen LogP contribution is -2.00. The number of aromatic nitrogens is 4. The van der Waals surface area contributed by atoms with E-state index in [-0.39, 0.29) is 0 Å². The van der Waals surface area contributed by atoms with Gasteiger partial charge in [0.2, 0.25) is 5.88 Å². The van der Waals surface area contributed by atoms with Gasteiger partial charge >= 0.3 is 0 Å². The van der Waals surface area contributed by atoms with Gasteiger partial charge in [0.25, 0.3) is 0 Å². The van der Waals surface area contributed by atoms with Crippen molar-refractivity contribution >= 4 is 11.6 Å². The molecule has 0 aliphatic carbocycles. The van der Waals surface area contributed by atoms with Crippen LogP contribution in [-0.4, -0.2) is 27.0 Å². The summed E-state index contributed by atoms with van der Waals surface area (Å²) in [5.74, 6) is 1.13. The predicted molar refractivity (Wildman–Crippen MR) is 68.6 cm³/mol. The molecule has 0 aromatic carbocycles. The predicted octanol–water partition coefficient (Wildman–Crippen LogP) is 2.55. The minimum atomic E-state index is 0.399. The van der Waals surface area contributed by atoms with Crippen molar-refractivity contribution in [3.63, 3.8) is 0 Å². The molecule has 18 heavy (non-hydrogen) atoms. The highest BCUT2D eigenvalue weighted by molar-refractivity contribution is 6.29. The fourth-order valence-electron chi connectivity index (χ4n) is 1.57. The monoisotopic (exact) mass is 264 g/mol. The van der Waals surface area contributed by atoms with Crippen molar-refractivity contribution in [2.24, 2.45) is 0 Å². The average molecular weight is 265 g/mol. The van der Waals surface area contributed by atoms with E-state index in [9.17, 15) is 0 Å². The summed E-state index contributed by atoms with van der Waals surface area (Å²) in [5.41, 5.74) is 1.20. The Morgan fingerprint density at radius 1 is 1.22 bits per heavy atom. The van der Waals surface area contributed by atoms with Crippen LogP contribution in [0.3, 0.4) is 0 Å². The molecule has 0 fully saturated rings. The number of aryl methyl sites for hydroxylation is 1. The van der Waals surface area contributed by atoms with Crippen molar-refractivity contribution in [1.82, 2.24) is 19.9 Å². The minimum Gasteiger partial charge on any atom is -0.479 e. The zero-order chi connectivity index (χ0) is 13.0. The second kappa shape index (κ2) is 5.73. The molecule has 0 atom stereocenters. The first-order chi connectivity index (χ1) is 8.74. The van der Waals surface area contributed by atoms with Gasteiger partial charge in [-0.1, -0.05) is 18.5 Å². The van der Waals surface area contributed by atoms with Crippen molar-refractivity contribution in [1.29, 1.82) is 0 Å². The summed E-state index contributed by atoms with van der Waals surface area (Å²) < 4.78 is 5.16. The van der Waals surface area contributed by atoms with Crippen LogP contribution in [0.5, 0.6) is 5.88 Å². The van der Waals surface area contributed by atoms with Gasteiger partial charge in [-0.3, -0.25) is 0 Å². The molecule has 0 bridgehead atoms. The molecule has 2 aromatic rings. The van der Waals surface area contributed by atoms with Gasteiger partial charge in [-0.25, -0.2) is 19.9 Å². The Balaban J connectivity index is 2.49. The average Bonchev–Trinajstić information content (AvgIpc) is 2.38. The molecule has 0 saturated carbocycles. The third kappa shape index (κ3) is 2.73. The molecule has 0 radical (unpaired) electrons. The molecule has 0 spiro atoms. The van der Waals surface area contributed by atoms with Crippen LogP contribution in [0.2, 0.25) is 5.15 Å². The molecule has 6 heteroatoms. The summed E-state index contributed by atoms with van der Waals surface area (Å²) in [5, 5.41) is 0.399. The standard InChI is InChI=1S/C12H13ClN4O/c1-3-4-10-16-8(7-9(13)17-10)11-12(18-2)15-6-5-14-11/h5-7H,3-4H2,1-2H3. The maximum atomic E-state index is 5.99. The van der Waals surface area contributed by atoms with Crippen LogP contribution in [0.15, 0.2) is 18.5 Å². The smallest absolute Gasteiger partial charge is 0.241 e. The molecule has 94 valence electrons. The second-order valence-electron chi connectivity index (χ2n) is 3.66. The molecule has 0 N–H and O–H groups in total. The zero-order valence-corrected chi connectivity index (χ0v) is 11.0. The number of hydrogen-bond acceptors (Lipinski definition) is 5. The summed E-state index contributed by atoms with van der Waals surface area (Å²) in [6, 6.07) is 1.66. The largest absolute Gasteiger partial charge is 0.479 e. The van der Waals surface area contributed by atoms with E-state index in [2.05, 4.69) is 26.9 Å². The minimum absolute atomic E-state index is 0.399. The van der Waals surface area contributed by atoms with E-state index in [1.807, 2.05) is 0 Å². The third-order valence-electron chi connectivity index (χ3n) is 2.32. The van der Waals surface area contributed by atoms with Crippen LogP contribution in [-0.2, 0) is 6.42 Å². The van der Waals surface area contributed by atoms with Crippen LogP contribution in [0.1, 0.15) is 19.2 Å². The van der Waals surface area contributed by atoms with Gasteiger partial charge in [0.05, 0.1) is 12.8 Å². The molecular weight excluding hydrogens is 252 g/mol. The van der Waals surface area contributed by atoms with Gasteiger partial charge < -0.3 is 4.74 Å². The van der Waals surface area contributed by atoms with Crippen molar-refractivity contribution in [3.8, 4) is 17.3 Å². The topological polar surface area (TPSA) is 60.8 Å². The molecule has 0 amide bonds. The maximum Gasteiger partial charge on any atom is 0.241 e. The lowest BCUT2D eigenvalue weighted by Gasteiger charge is -2.07. The van der Waals surface area contributed by atoms with Crippen molar-refractivity contribution in [2.45, 2.75) is 19.8 Å². The Kier molecular flexibility index (Phi) is 4.04. The molecule has 2 rings (SSSR count). The van der Waals surface area contributed by atoms with Gasteiger partial charge in [0.15, 0.2) is 5.69 Å².